The normalized spacial score (nSPS) is 10.3. The van der Waals surface area contributed by atoms with Gasteiger partial charge in [0.1, 0.15) is 5.76 Å². The van der Waals surface area contributed by atoms with Gasteiger partial charge in [-0.2, -0.15) is 0 Å². The molecule has 2 amide bonds. The molecule has 0 saturated heterocycles. The van der Waals surface area contributed by atoms with Crippen LogP contribution in [0, 0.1) is 0 Å². The molecule has 0 aliphatic rings. The highest BCUT2D eigenvalue weighted by atomic mass is 16.5. The average molecular weight is 344 g/mol. The molecule has 0 bridgehead atoms. The zero-order valence-electron chi connectivity index (χ0n) is 14.7. The van der Waals surface area contributed by atoms with Gasteiger partial charge < -0.3 is 19.4 Å². The number of amides is 2. The zero-order chi connectivity index (χ0) is 18.1. The Bertz CT molecular complexity index is 682. The number of aryl methyl sites for hydroxylation is 1. The first-order valence-electron chi connectivity index (χ1n) is 8.45. The highest BCUT2D eigenvalue weighted by molar-refractivity contribution is 5.90. The summed E-state index contributed by atoms with van der Waals surface area (Å²) in [6, 6.07) is 11.0. The number of urea groups is 1. The number of carbonyl (C=O) groups excluding carboxylic acids is 2. The van der Waals surface area contributed by atoms with E-state index in [-0.39, 0.29) is 31.5 Å². The molecule has 0 spiro atoms. The van der Waals surface area contributed by atoms with Gasteiger partial charge in [0.05, 0.1) is 25.8 Å². The molecule has 1 aromatic heterocycles. The Morgan fingerprint density at radius 3 is 2.64 bits per heavy atom. The molecule has 134 valence electrons. The molecule has 0 aliphatic carbocycles. The van der Waals surface area contributed by atoms with E-state index in [0.717, 1.165) is 17.7 Å². The van der Waals surface area contributed by atoms with Gasteiger partial charge in [0, 0.05) is 12.2 Å². The first-order valence-corrected chi connectivity index (χ1v) is 8.45. The van der Waals surface area contributed by atoms with E-state index in [1.54, 1.807) is 30.2 Å². The topological polar surface area (TPSA) is 71.8 Å². The van der Waals surface area contributed by atoms with Crippen molar-refractivity contribution in [2.45, 2.75) is 33.2 Å². The highest BCUT2D eigenvalue weighted by Crippen LogP contribution is 2.17. The van der Waals surface area contributed by atoms with Gasteiger partial charge in [-0.25, -0.2) is 4.79 Å². The van der Waals surface area contributed by atoms with Crippen LogP contribution in [0.1, 0.15) is 31.6 Å². The number of esters is 1. The monoisotopic (exact) mass is 344 g/mol. The van der Waals surface area contributed by atoms with Gasteiger partial charge >= 0.3 is 12.0 Å². The minimum atomic E-state index is -0.325. The van der Waals surface area contributed by atoms with Crippen LogP contribution in [0.25, 0.3) is 0 Å². The highest BCUT2D eigenvalue weighted by Gasteiger charge is 2.18. The van der Waals surface area contributed by atoms with Crippen LogP contribution >= 0.6 is 0 Å². The molecule has 1 N–H and O–H groups in total. The fourth-order valence-electron chi connectivity index (χ4n) is 2.45. The van der Waals surface area contributed by atoms with Crippen molar-refractivity contribution in [2.75, 3.05) is 18.5 Å². The van der Waals surface area contributed by atoms with Crippen LogP contribution in [-0.2, 0) is 22.5 Å². The Kier molecular flexibility index (Phi) is 7.07. The van der Waals surface area contributed by atoms with Crippen molar-refractivity contribution < 1.29 is 18.7 Å². The second kappa shape index (κ2) is 9.52. The van der Waals surface area contributed by atoms with E-state index < -0.39 is 0 Å². The fourth-order valence-corrected chi connectivity index (χ4v) is 2.45. The molecule has 0 aliphatic heterocycles. The molecule has 0 fully saturated rings. The number of para-hydroxylation sites is 1. The van der Waals surface area contributed by atoms with Crippen LogP contribution < -0.4 is 5.32 Å². The number of nitrogens with one attached hydrogen (secondary N) is 1. The summed E-state index contributed by atoms with van der Waals surface area (Å²) in [4.78, 5) is 25.9. The summed E-state index contributed by atoms with van der Waals surface area (Å²) < 4.78 is 10.3. The third-order valence-corrected chi connectivity index (χ3v) is 3.75. The van der Waals surface area contributed by atoms with Crippen molar-refractivity contribution in [1.29, 1.82) is 0 Å². The molecular weight excluding hydrogens is 320 g/mol. The minimum absolute atomic E-state index is 0.136. The van der Waals surface area contributed by atoms with Crippen LogP contribution in [0.2, 0.25) is 0 Å². The first kappa shape index (κ1) is 18.6. The third kappa shape index (κ3) is 5.67. The lowest BCUT2D eigenvalue weighted by Gasteiger charge is -2.22. The largest absolute Gasteiger partial charge is 0.467 e. The van der Waals surface area contributed by atoms with E-state index in [1.807, 2.05) is 31.2 Å². The Morgan fingerprint density at radius 2 is 1.96 bits per heavy atom. The summed E-state index contributed by atoms with van der Waals surface area (Å²) in [6.45, 7) is 4.65. The summed E-state index contributed by atoms with van der Waals surface area (Å²) in [5, 5.41) is 2.92. The van der Waals surface area contributed by atoms with E-state index >= 15 is 0 Å². The van der Waals surface area contributed by atoms with E-state index in [4.69, 9.17) is 9.15 Å². The van der Waals surface area contributed by atoms with E-state index in [2.05, 4.69) is 5.32 Å². The molecule has 1 heterocycles. The van der Waals surface area contributed by atoms with Crippen molar-refractivity contribution in [3.05, 3.63) is 54.0 Å². The quantitative estimate of drug-likeness (QED) is 0.739. The van der Waals surface area contributed by atoms with Crippen molar-refractivity contribution in [3.8, 4) is 0 Å². The Labute approximate surface area is 147 Å². The predicted octanol–water partition coefficient (Wildman–Crippen LogP) is 3.83. The van der Waals surface area contributed by atoms with Gasteiger partial charge in [-0.1, -0.05) is 25.1 Å². The summed E-state index contributed by atoms with van der Waals surface area (Å²) in [6.07, 6.45) is 2.51. The molecule has 0 unspecified atom stereocenters. The number of benzene rings is 1. The molecular formula is C19H24N2O4. The van der Waals surface area contributed by atoms with Gasteiger partial charge in [-0.3, -0.25) is 4.79 Å². The van der Waals surface area contributed by atoms with Crippen LogP contribution in [0.15, 0.2) is 47.1 Å². The maximum atomic E-state index is 12.7. The molecule has 6 heteroatoms. The minimum Gasteiger partial charge on any atom is -0.467 e. The second-order valence-electron chi connectivity index (χ2n) is 5.50. The Balaban J connectivity index is 2.07. The Hall–Kier alpha value is -2.76. The lowest BCUT2D eigenvalue weighted by molar-refractivity contribution is -0.143. The zero-order valence-corrected chi connectivity index (χ0v) is 14.7. The van der Waals surface area contributed by atoms with E-state index in [9.17, 15) is 9.59 Å². The third-order valence-electron chi connectivity index (χ3n) is 3.75. The van der Waals surface area contributed by atoms with Gasteiger partial charge in [-0.05, 0) is 37.1 Å². The van der Waals surface area contributed by atoms with Crippen molar-refractivity contribution in [3.63, 3.8) is 0 Å². The number of hydrogen-bond donors (Lipinski definition) is 1. The first-order chi connectivity index (χ1) is 12.1. The van der Waals surface area contributed by atoms with Gasteiger partial charge in [0.25, 0.3) is 0 Å². The van der Waals surface area contributed by atoms with Crippen molar-refractivity contribution >= 4 is 17.7 Å². The SMILES string of the molecule is CCOC(=O)CCN(Cc1ccco1)C(=O)Nc1ccccc1CC. The van der Waals surface area contributed by atoms with Gasteiger partial charge in [0.2, 0.25) is 0 Å². The van der Waals surface area contributed by atoms with Gasteiger partial charge in [-0.15, -0.1) is 0 Å². The molecule has 25 heavy (non-hydrogen) atoms. The number of carbonyl (C=O) groups is 2. The Morgan fingerprint density at radius 1 is 1.16 bits per heavy atom. The van der Waals surface area contributed by atoms with Crippen molar-refractivity contribution in [1.82, 2.24) is 4.90 Å². The summed E-state index contributed by atoms with van der Waals surface area (Å²) >= 11 is 0. The average Bonchev–Trinajstić information content (AvgIpc) is 3.12. The standard InChI is InChI=1S/C19H24N2O4/c1-3-15-8-5-6-10-17(15)20-19(23)21(12-11-18(22)24-4-2)14-16-9-7-13-25-16/h5-10,13H,3-4,11-12,14H2,1-2H3,(H,20,23). The summed E-state index contributed by atoms with van der Waals surface area (Å²) in [5.41, 5.74) is 1.83. The van der Waals surface area contributed by atoms with Crippen LogP contribution in [0.4, 0.5) is 10.5 Å². The summed E-state index contributed by atoms with van der Waals surface area (Å²) in [7, 11) is 0. The molecule has 0 saturated carbocycles. The van der Waals surface area contributed by atoms with E-state index in [0.29, 0.717) is 12.4 Å². The van der Waals surface area contributed by atoms with E-state index in [1.165, 1.54) is 0 Å². The number of hydrogen-bond acceptors (Lipinski definition) is 4. The van der Waals surface area contributed by atoms with Crippen LogP contribution in [0.3, 0.4) is 0 Å². The second-order valence-corrected chi connectivity index (χ2v) is 5.50. The lowest BCUT2D eigenvalue weighted by atomic mass is 10.1. The number of furan rings is 1. The number of rotatable bonds is 8. The predicted molar refractivity (Wildman–Crippen MR) is 95.2 cm³/mol. The molecule has 0 radical (unpaired) electrons. The molecule has 2 rings (SSSR count). The van der Waals surface area contributed by atoms with Crippen molar-refractivity contribution in [2.24, 2.45) is 0 Å². The lowest BCUT2D eigenvalue weighted by Crippen LogP contribution is -2.36. The fraction of sp³-hybridized carbons (Fsp3) is 0.368. The number of nitrogens with zero attached hydrogens (tertiary/aromatic N) is 1. The number of anilines is 1. The van der Waals surface area contributed by atoms with Crippen LogP contribution in [0.5, 0.6) is 0 Å². The molecule has 6 nitrogen and oxygen atoms in total. The maximum Gasteiger partial charge on any atom is 0.322 e. The van der Waals surface area contributed by atoms with Crippen LogP contribution in [-0.4, -0.2) is 30.1 Å². The summed E-state index contributed by atoms with van der Waals surface area (Å²) in [5.74, 6) is 0.330. The maximum absolute atomic E-state index is 12.7. The van der Waals surface area contributed by atoms with Gasteiger partial charge in [0.15, 0.2) is 0 Å². The smallest absolute Gasteiger partial charge is 0.322 e. The molecule has 2 aromatic rings. The number of ether oxygens (including phenoxy) is 1. The molecule has 1 aromatic carbocycles. The molecule has 0 atom stereocenters.